The number of hydrogen-bond donors (Lipinski definition) is 1. The molecule has 7 heteroatoms. The molecule has 0 aromatic carbocycles. The molecule has 1 heterocycles. The number of hydrogen-bond acceptors (Lipinski definition) is 4. The molecule has 1 aliphatic rings. The molecule has 0 aromatic rings. The summed E-state index contributed by atoms with van der Waals surface area (Å²) in [7, 11) is -1.60. The SMILES string of the molecule is CSCCC(C)N(C)S(=O)(=O)N1CCCNCC1. The highest BCUT2D eigenvalue weighted by atomic mass is 32.2. The van der Waals surface area contributed by atoms with Crippen LogP contribution in [-0.2, 0) is 10.2 Å². The van der Waals surface area contributed by atoms with Gasteiger partial charge in [0.1, 0.15) is 0 Å². The molecule has 1 fully saturated rings. The molecule has 0 spiro atoms. The van der Waals surface area contributed by atoms with Crippen molar-refractivity contribution in [3.05, 3.63) is 0 Å². The Morgan fingerprint density at radius 3 is 2.78 bits per heavy atom. The lowest BCUT2D eigenvalue weighted by Crippen LogP contribution is -2.46. The molecule has 1 unspecified atom stereocenters. The van der Waals surface area contributed by atoms with E-state index in [1.165, 1.54) is 4.31 Å². The molecule has 0 radical (unpaired) electrons. The van der Waals surface area contributed by atoms with Crippen LogP contribution in [0.15, 0.2) is 0 Å². The van der Waals surface area contributed by atoms with Gasteiger partial charge < -0.3 is 5.32 Å². The molecule has 1 atom stereocenters. The highest BCUT2D eigenvalue weighted by Crippen LogP contribution is 2.14. The molecule has 0 saturated carbocycles. The zero-order chi connectivity index (χ0) is 13.6. The number of rotatable bonds is 6. The van der Waals surface area contributed by atoms with Gasteiger partial charge in [-0.1, -0.05) is 0 Å². The third-order valence-corrected chi connectivity index (χ3v) is 6.10. The predicted octanol–water partition coefficient (Wildman–Crippen LogP) is 0.600. The van der Waals surface area contributed by atoms with Gasteiger partial charge in [0, 0.05) is 32.7 Å². The van der Waals surface area contributed by atoms with Gasteiger partial charge in [-0.15, -0.1) is 0 Å². The molecule has 0 aliphatic carbocycles. The van der Waals surface area contributed by atoms with Crippen molar-refractivity contribution < 1.29 is 8.42 Å². The minimum absolute atomic E-state index is 0.0543. The predicted molar refractivity (Wildman–Crippen MR) is 78.2 cm³/mol. The van der Waals surface area contributed by atoms with Crippen LogP contribution in [0.4, 0.5) is 0 Å². The van der Waals surface area contributed by atoms with Crippen LogP contribution in [0.3, 0.4) is 0 Å². The van der Waals surface area contributed by atoms with E-state index in [1.54, 1.807) is 23.1 Å². The second-order valence-electron chi connectivity index (χ2n) is 4.66. The Hall–Kier alpha value is 0.180. The normalized spacial score (nSPS) is 20.9. The van der Waals surface area contributed by atoms with E-state index in [2.05, 4.69) is 5.32 Å². The smallest absolute Gasteiger partial charge is 0.282 e. The molecule has 0 aromatic heterocycles. The standard InChI is InChI=1S/C11H25N3O2S2/c1-11(5-10-17-3)13(2)18(15,16)14-8-4-6-12-7-9-14/h11-12H,4-10H2,1-3H3. The average molecular weight is 295 g/mol. The van der Waals surface area contributed by atoms with Crippen LogP contribution in [0, 0.1) is 0 Å². The van der Waals surface area contributed by atoms with Crippen LogP contribution < -0.4 is 5.32 Å². The quantitative estimate of drug-likeness (QED) is 0.780. The van der Waals surface area contributed by atoms with Crippen LogP contribution in [0.25, 0.3) is 0 Å². The van der Waals surface area contributed by atoms with E-state index in [0.29, 0.717) is 13.1 Å². The largest absolute Gasteiger partial charge is 0.315 e. The molecular weight excluding hydrogens is 270 g/mol. The van der Waals surface area contributed by atoms with Crippen molar-refractivity contribution in [1.82, 2.24) is 13.9 Å². The fourth-order valence-corrected chi connectivity index (χ4v) is 4.11. The highest BCUT2D eigenvalue weighted by Gasteiger charge is 2.30. The summed E-state index contributed by atoms with van der Waals surface area (Å²) >= 11 is 1.75. The third-order valence-electron chi connectivity index (χ3n) is 3.35. The Kier molecular flexibility index (Phi) is 6.94. The van der Waals surface area contributed by atoms with Crippen molar-refractivity contribution in [1.29, 1.82) is 0 Å². The average Bonchev–Trinajstić information content (AvgIpc) is 2.64. The van der Waals surface area contributed by atoms with Crippen LogP contribution >= 0.6 is 11.8 Å². The van der Waals surface area contributed by atoms with Gasteiger partial charge in [-0.3, -0.25) is 0 Å². The highest BCUT2D eigenvalue weighted by molar-refractivity contribution is 7.98. The first-order chi connectivity index (χ1) is 8.50. The van der Waals surface area contributed by atoms with Gasteiger partial charge in [-0.25, -0.2) is 0 Å². The van der Waals surface area contributed by atoms with Crippen molar-refractivity contribution in [3.8, 4) is 0 Å². The van der Waals surface area contributed by atoms with E-state index in [4.69, 9.17) is 0 Å². The van der Waals surface area contributed by atoms with E-state index >= 15 is 0 Å². The van der Waals surface area contributed by atoms with Gasteiger partial charge in [0.25, 0.3) is 10.2 Å². The molecule has 0 amide bonds. The van der Waals surface area contributed by atoms with Crippen LogP contribution in [-0.4, -0.2) is 68.3 Å². The lowest BCUT2D eigenvalue weighted by atomic mass is 10.3. The van der Waals surface area contributed by atoms with Gasteiger partial charge in [-0.05, 0) is 38.3 Å². The summed E-state index contributed by atoms with van der Waals surface area (Å²) < 4.78 is 28.0. The lowest BCUT2D eigenvalue weighted by Gasteiger charge is -2.30. The van der Waals surface area contributed by atoms with Crippen molar-refractivity contribution in [2.24, 2.45) is 0 Å². The maximum Gasteiger partial charge on any atom is 0.282 e. The van der Waals surface area contributed by atoms with Crippen LogP contribution in [0.1, 0.15) is 19.8 Å². The summed E-state index contributed by atoms with van der Waals surface area (Å²) in [5, 5.41) is 3.22. The molecule has 5 nitrogen and oxygen atoms in total. The minimum atomic E-state index is -3.30. The summed E-state index contributed by atoms with van der Waals surface area (Å²) in [5.74, 6) is 0.989. The fourth-order valence-electron chi connectivity index (χ4n) is 1.93. The topological polar surface area (TPSA) is 52.7 Å². The van der Waals surface area contributed by atoms with Gasteiger partial charge in [0.15, 0.2) is 0 Å². The van der Waals surface area contributed by atoms with Gasteiger partial charge in [-0.2, -0.15) is 28.8 Å². The Morgan fingerprint density at radius 1 is 1.39 bits per heavy atom. The molecule has 1 N–H and O–H groups in total. The summed E-state index contributed by atoms with van der Waals surface area (Å²) in [6.07, 6.45) is 3.82. The van der Waals surface area contributed by atoms with E-state index < -0.39 is 10.2 Å². The third kappa shape index (κ3) is 4.38. The molecule has 1 saturated heterocycles. The Bertz CT molecular complexity index is 327. The fraction of sp³-hybridized carbons (Fsp3) is 1.00. The van der Waals surface area contributed by atoms with E-state index in [0.717, 1.165) is 31.7 Å². The van der Waals surface area contributed by atoms with Crippen molar-refractivity contribution in [2.45, 2.75) is 25.8 Å². The molecule has 0 bridgehead atoms. The van der Waals surface area contributed by atoms with Gasteiger partial charge >= 0.3 is 0 Å². The number of nitrogens with one attached hydrogen (secondary N) is 1. The number of nitrogens with zero attached hydrogens (tertiary/aromatic N) is 2. The second kappa shape index (κ2) is 7.69. The van der Waals surface area contributed by atoms with Crippen molar-refractivity contribution in [2.75, 3.05) is 45.2 Å². The maximum atomic E-state index is 12.5. The first-order valence-electron chi connectivity index (χ1n) is 6.43. The summed E-state index contributed by atoms with van der Waals surface area (Å²) in [6.45, 7) is 4.81. The van der Waals surface area contributed by atoms with Crippen molar-refractivity contribution >= 4 is 22.0 Å². The molecule has 1 aliphatic heterocycles. The summed E-state index contributed by atoms with van der Waals surface area (Å²) in [6, 6.07) is 0.0543. The first-order valence-corrected chi connectivity index (χ1v) is 9.22. The Balaban J connectivity index is 2.65. The zero-order valence-corrected chi connectivity index (χ0v) is 13.2. The molecule has 108 valence electrons. The summed E-state index contributed by atoms with van der Waals surface area (Å²) in [4.78, 5) is 0. The molecular formula is C11H25N3O2S2. The Morgan fingerprint density at radius 2 is 2.11 bits per heavy atom. The first kappa shape index (κ1) is 16.2. The lowest BCUT2D eigenvalue weighted by molar-refractivity contribution is 0.328. The maximum absolute atomic E-state index is 12.5. The Labute approximate surface area is 115 Å². The van der Waals surface area contributed by atoms with Gasteiger partial charge in [0.05, 0.1) is 0 Å². The molecule has 18 heavy (non-hydrogen) atoms. The van der Waals surface area contributed by atoms with Gasteiger partial charge in [0.2, 0.25) is 0 Å². The van der Waals surface area contributed by atoms with Crippen LogP contribution in [0.2, 0.25) is 0 Å². The molecule has 1 rings (SSSR count). The van der Waals surface area contributed by atoms with Crippen LogP contribution in [0.5, 0.6) is 0 Å². The summed E-state index contributed by atoms with van der Waals surface area (Å²) in [5.41, 5.74) is 0. The minimum Gasteiger partial charge on any atom is -0.315 e. The van der Waals surface area contributed by atoms with E-state index in [1.807, 2.05) is 13.2 Å². The van der Waals surface area contributed by atoms with E-state index in [9.17, 15) is 8.42 Å². The van der Waals surface area contributed by atoms with Crippen molar-refractivity contribution in [3.63, 3.8) is 0 Å². The zero-order valence-electron chi connectivity index (χ0n) is 11.6. The monoisotopic (exact) mass is 295 g/mol. The number of thioether (sulfide) groups is 1. The second-order valence-corrected chi connectivity index (χ2v) is 7.63. The van der Waals surface area contributed by atoms with E-state index in [-0.39, 0.29) is 6.04 Å².